The third-order valence-electron chi connectivity index (χ3n) is 7.12. The van der Waals surface area contributed by atoms with Crippen LogP contribution in [0, 0.1) is 16.7 Å². The summed E-state index contributed by atoms with van der Waals surface area (Å²) in [5.74, 6) is -0.254. The second kappa shape index (κ2) is 13.1. The molecule has 0 aliphatic carbocycles. The Hall–Kier alpha value is -3.04. The second-order valence-electron chi connectivity index (χ2n) is 10.9. The number of rotatable bonds is 13. The van der Waals surface area contributed by atoms with Gasteiger partial charge in [-0.1, -0.05) is 42.1 Å². The summed E-state index contributed by atoms with van der Waals surface area (Å²) in [4.78, 5) is 31.6. The molecule has 44 heavy (non-hydrogen) atoms. The van der Waals surface area contributed by atoms with Crippen molar-refractivity contribution in [1.82, 2.24) is 24.7 Å². The number of nitrogens with one attached hydrogen (secondary N) is 1. The highest BCUT2D eigenvalue weighted by Crippen LogP contribution is 2.55. The molecule has 1 unspecified atom stereocenters. The van der Waals surface area contributed by atoms with Crippen LogP contribution in [0.15, 0.2) is 36.5 Å². The molecule has 0 saturated carbocycles. The first-order valence-corrected chi connectivity index (χ1v) is 16.0. The molecule has 0 amide bonds. The van der Waals surface area contributed by atoms with Crippen LogP contribution < -0.4 is 16.6 Å². The minimum absolute atomic E-state index is 0.00467. The zero-order chi connectivity index (χ0) is 32.3. The number of hydrogen-bond donors (Lipinski definition) is 6. The molecule has 5 atom stereocenters. The summed E-state index contributed by atoms with van der Waals surface area (Å²) < 4.78 is 34.6. The molecule has 3 heterocycles. The van der Waals surface area contributed by atoms with Gasteiger partial charge in [0.25, 0.3) is 0 Å². The van der Waals surface area contributed by atoms with Gasteiger partial charge >= 0.3 is 8.09 Å². The lowest BCUT2D eigenvalue weighted by Crippen LogP contribution is -2.48. The molecule has 1 fully saturated rings. The Kier molecular flexibility index (Phi) is 10.1. The van der Waals surface area contributed by atoms with Crippen molar-refractivity contribution >= 4 is 42.4 Å². The van der Waals surface area contributed by atoms with Crippen molar-refractivity contribution in [2.45, 2.75) is 50.8 Å². The van der Waals surface area contributed by atoms with Gasteiger partial charge in [-0.15, -0.1) is 10.2 Å². The van der Waals surface area contributed by atoms with Crippen LogP contribution in [0.3, 0.4) is 0 Å². The maximum absolute atomic E-state index is 16.4. The number of fused-ring (bicyclic) bond motifs is 1. The van der Waals surface area contributed by atoms with Crippen LogP contribution in [0.5, 0.6) is 0 Å². The van der Waals surface area contributed by atoms with Crippen LogP contribution >= 0.6 is 19.9 Å². The number of carbonyl (C=O) groups is 1. The van der Waals surface area contributed by atoms with E-state index in [1.807, 2.05) is 6.07 Å². The lowest BCUT2D eigenvalue weighted by Gasteiger charge is -2.30. The molecule has 2 aromatic heterocycles. The molecule has 8 N–H and O–H groups in total. The number of imidazole rings is 1. The van der Waals surface area contributed by atoms with Crippen LogP contribution in [-0.4, -0.2) is 83.3 Å². The Morgan fingerprint density at radius 1 is 1.34 bits per heavy atom. The molecule has 238 valence electrons. The standard InChI is InChI=1S/C26H35FN8O7PS/c1-24(2,15-36)22(38)44-10-9-40-43(39,32-11-16-7-5-4-6-8-16)41-13-17-19(37)25(3,27)26(14-28,42-17)18-12-31-21-20(29)33-23(30)34-35(18)21/h4-8,12,17,19,32,36-37,39H,9-11,13,15H2,1-3H3,(H4,29,30,33,34)/q+1/t17-,19-,25-,26+,43?/m1/s1. The van der Waals surface area contributed by atoms with Gasteiger partial charge in [0.2, 0.25) is 11.5 Å². The molecule has 18 heteroatoms. The summed E-state index contributed by atoms with van der Waals surface area (Å²) >= 11 is 0.923. The number of benzene rings is 1. The molecule has 1 aliphatic heterocycles. The monoisotopic (exact) mass is 653 g/mol. The van der Waals surface area contributed by atoms with Gasteiger partial charge < -0.3 is 26.4 Å². The van der Waals surface area contributed by atoms with Crippen molar-refractivity contribution in [3.8, 4) is 6.07 Å². The summed E-state index contributed by atoms with van der Waals surface area (Å²) in [7, 11) is -3.92. The number of hydrogen-bond acceptors (Lipinski definition) is 15. The predicted molar refractivity (Wildman–Crippen MR) is 160 cm³/mol. The number of nitrogens with zero attached hydrogens (tertiary/aromatic N) is 5. The van der Waals surface area contributed by atoms with E-state index in [1.165, 1.54) is 0 Å². The van der Waals surface area contributed by atoms with Gasteiger partial charge in [0.1, 0.15) is 37.2 Å². The number of thioether (sulfide) groups is 1. The number of aliphatic hydroxyl groups is 2. The fourth-order valence-corrected chi connectivity index (χ4v) is 6.66. The van der Waals surface area contributed by atoms with Crippen LogP contribution in [0.2, 0.25) is 0 Å². The normalized spacial score (nSPS) is 25.1. The lowest BCUT2D eigenvalue weighted by molar-refractivity contribution is -0.119. The SMILES string of the molecule is CC(C)(CO)C(=O)SCCO[P+](O)(NCc1ccccc1)OC[C@H]1O[C@@](C#N)(c2cnc3c(N)nc(N)nn23)[C@](C)(F)[C@@H]1O. The number of ether oxygens (including phenoxy) is 1. The first-order chi connectivity index (χ1) is 20.7. The number of halogens is 1. The predicted octanol–water partition coefficient (Wildman–Crippen LogP) is 1.27. The molecule has 1 aliphatic rings. The first-order valence-electron chi connectivity index (χ1n) is 13.4. The van der Waals surface area contributed by atoms with Crippen molar-refractivity contribution in [1.29, 1.82) is 5.26 Å². The van der Waals surface area contributed by atoms with E-state index in [4.69, 9.17) is 25.3 Å². The Bertz CT molecular complexity index is 1530. The van der Waals surface area contributed by atoms with E-state index in [1.54, 1.807) is 44.2 Å². The summed E-state index contributed by atoms with van der Waals surface area (Å²) in [5.41, 5.74) is 6.02. The third kappa shape index (κ3) is 6.64. The quantitative estimate of drug-likeness (QED) is 0.113. The van der Waals surface area contributed by atoms with Crippen LogP contribution in [0.4, 0.5) is 16.2 Å². The minimum Gasteiger partial charge on any atom is -0.395 e. The average molecular weight is 654 g/mol. The Morgan fingerprint density at radius 2 is 2.05 bits per heavy atom. The zero-order valence-corrected chi connectivity index (χ0v) is 26.0. The van der Waals surface area contributed by atoms with Crippen LogP contribution in [0.1, 0.15) is 32.0 Å². The number of nitrogen functional groups attached to an aromatic ring is 2. The molecular formula is C26H35FN8O7PS+. The highest BCUT2D eigenvalue weighted by molar-refractivity contribution is 8.13. The Labute approximate surface area is 257 Å². The number of nitriles is 1. The van der Waals surface area contributed by atoms with E-state index in [9.17, 15) is 25.2 Å². The lowest BCUT2D eigenvalue weighted by atomic mass is 9.82. The van der Waals surface area contributed by atoms with Gasteiger partial charge in [0.15, 0.2) is 22.2 Å². The van der Waals surface area contributed by atoms with Crippen molar-refractivity contribution in [2.75, 3.05) is 37.0 Å². The average Bonchev–Trinajstić information content (AvgIpc) is 3.50. The van der Waals surface area contributed by atoms with E-state index in [2.05, 4.69) is 20.2 Å². The number of aliphatic hydroxyl groups excluding tert-OH is 2. The number of anilines is 2. The van der Waals surface area contributed by atoms with Gasteiger partial charge in [-0.25, -0.2) is 13.9 Å². The van der Waals surface area contributed by atoms with Gasteiger partial charge in [0.05, 0.1) is 24.8 Å². The molecule has 0 radical (unpaired) electrons. The molecule has 0 spiro atoms. The van der Waals surface area contributed by atoms with Gasteiger partial charge in [-0.2, -0.15) is 24.2 Å². The zero-order valence-electron chi connectivity index (χ0n) is 24.3. The van der Waals surface area contributed by atoms with Crippen molar-refractivity contribution in [3.63, 3.8) is 0 Å². The van der Waals surface area contributed by atoms with Gasteiger partial charge in [0, 0.05) is 5.75 Å². The minimum atomic E-state index is -3.92. The smallest absolute Gasteiger partial charge is 0.395 e. The Balaban J connectivity index is 1.53. The van der Waals surface area contributed by atoms with E-state index in [0.717, 1.165) is 35.0 Å². The van der Waals surface area contributed by atoms with Crippen molar-refractivity contribution < 1.29 is 38.1 Å². The maximum Gasteiger partial charge on any atom is 0.499 e. The van der Waals surface area contributed by atoms with Crippen molar-refractivity contribution in [3.05, 3.63) is 47.8 Å². The van der Waals surface area contributed by atoms with Crippen LogP contribution in [0.25, 0.3) is 5.65 Å². The summed E-state index contributed by atoms with van der Waals surface area (Å²) in [6, 6.07) is 10.9. The van der Waals surface area contributed by atoms with E-state index >= 15 is 4.39 Å². The second-order valence-corrected chi connectivity index (χ2v) is 13.8. The van der Waals surface area contributed by atoms with E-state index < -0.39 is 43.6 Å². The molecule has 0 bridgehead atoms. The van der Waals surface area contributed by atoms with Crippen molar-refractivity contribution in [2.24, 2.45) is 5.41 Å². The Morgan fingerprint density at radius 3 is 2.70 bits per heavy atom. The maximum atomic E-state index is 16.4. The number of carbonyl (C=O) groups excluding carboxylic acids is 1. The molecular weight excluding hydrogens is 618 g/mol. The highest BCUT2D eigenvalue weighted by Gasteiger charge is 2.68. The summed E-state index contributed by atoms with van der Waals surface area (Å²) in [6.07, 6.45) is -2.26. The number of aromatic nitrogens is 4. The third-order valence-corrected chi connectivity index (χ3v) is 9.89. The topological polar surface area (TPSA) is 236 Å². The van der Waals surface area contributed by atoms with E-state index in [-0.39, 0.29) is 53.7 Å². The molecule has 3 aromatic rings. The van der Waals surface area contributed by atoms with E-state index in [0.29, 0.717) is 0 Å². The van der Waals surface area contributed by atoms with Gasteiger partial charge in [-0.3, -0.25) is 4.79 Å². The van der Waals surface area contributed by atoms with Gasteiger partial charge in [-0.05, 0) is 26.3 Å². The molecule has 15 nitrogen and oxygen atoms in total. The number of nitrogens with two attached hydrogens (primary N) is 2. The first kappa shape index (κ1) is 33.8. The van der Waals surface area contributed by atoms with Crippen LogP contribution in [-0.2, 0) is 30.7 Å². The largest absolute Gasteiger partial charge is 0.499 e. The summed E-state index contributed by atoms with van der Waals surface area (Å²) in [5, 5.41) is 37.2. The fourth-order valence-electron chi connectivity index (χ4n) is 4.40. The summed E-state index contributed by atoms with van der Waals surface area (Å²) in [6.45, 7) is 3.25. The fraction of sp³-hybridized carbons (Fsp3) is 0.500. The highest BCUT2D eigenvalue weighted by atomic mass is 32.2. The molecule has 4 rings (SSSR count). The molecule has 1 saturated heterocycles. The molecule has 1 aromatic carbocycles. The number of alkyl halides is 1.